The first-order valence-electron chi connectivity index (χ1n) is 11.7. The summed E-state index contributed by atoms with van der Waals surface area (Å²) < 4.78 is 0. The lowest BCUT2D eigenvalue weighted by Gasteiger charge is -2.22. The van der Waals surface area contributed by atoms with Gasteiger partial charge in [-0.1, -0.05) is 24.3 Å². The highest BCUT2D eigenvalue weighted by Crippen LogP contribution is 2.28. The number of benzene rings is 2. The summed E-state index contributed by atoms with van der Waals surface area (Å²) >= 11 is 0. The molecule has 0 aliphatic rings. The number of nitrogen functional groups attached to an aromatic ring is 1. The molecule has 34 heavy (non-hydrogen) atoms. The van der Waals surface area contributed by atoms with E-state index in [2.05, 4.69) is 59.0 Å². The Morgan fingerprint density at radius 3 is 2.53 bits per heavy atom. The minimum atomic E-state index is 0.0670. The zero-order valence-corrected chi connectivity index (χ0v) is 20.7. The van der Waals surface area contributed by atoms with Crippen LogP contribution in [0.1, 0.15) is 32.6 Å². The third-order valence-corrected chi connectivity index (χ3v) is 6.40. The average molecular weight is 456 g/mol. The lowest BCUT2D eigenvalue weighted by Crippen LogP contribution is -2.34. The molecule has 2 aromatic heterocycles. The van der Waals surface area contributed by atoms with Crippen molar-refractivity contribution in [3.8, 4) is 0 Å². The zero-order valence-electron chi connectivity index (χ0n) is 20.7. The highest BCUT2D eigenvalue weighted by molar-refractivity contribution is 6.08. The lowest BCUT2D eigenvalue weighted by atomic mass is 9.94. The van der Waals surface area contributed by atoms with Crippen LogP contribution in [-0.4, -0.2) is 59.9 Å². The number of carbonyl (C=O) groups is 1. The van der Waals surface area contributed by atoms with Crippen LogP contribution >= 0.6 is 0 Å². The monoisotopic (exact) mass is 455 g/mol. The number of hydrogen-bond donors (Lipinski definition) is 1. The summed E-state index contributed by atoms with van der Waals surface area (Å²) in [5.74, 6) is 0.518. The molecule has 0 fully saturated rings. The van der Waals surface area contributed by atoms with E-state index in [-0.39, 0.29) is 5.91 Å². The molecule has 0 atom stereocenters. The average Bonchev–Trinajstić information content (AvgIpc) is 2.80. The number of rotatable bonds is 7. The number of nitrogens with two attached hydrogens (primary N) is 1. The molecule has 0 bridgehead atoms. The van der Waals surface area contributed by atoms with Crippen LogP contribution in [0.15, 0.2) is 48.7 Å². The van der Waals surface area contributed by atoms with Gasteiger partial charge in [0.2, 0.25) is 0 Å². The second-order valence-electron chi connectivity index (χ2n) is 9.39. The van der Waals surface area contributed by atoms with Crippen molar-refractivity contribution in [3.63, 3.8) is 0 Å². The van der Waals surface area contributed by atoms with Crippen molar-refractivity contribution in [1.29, 1.82) is 0 Å². The van der Waals surface area contributed by atoms with Crippen molar-refractivity contribution in [2.45, 2.75) is 26.7 Å². The topological polar surface area (TPSA) is 75.3 Å². The second-order valence-corrected chi connectivity index (χ2v) is 9.39. The summed E-state index contributed by atoms with van der Waals surface area (Å²) in [5.41, 5.74) is 13.1. The standard InChI is InChI=1S/C28H33N5O/c1-18-9-11-22-24-16-20(17-30-26(24)27(29)31-25(22)15-18)10-12-21-19(2)7-6-8-23(21)28(34)33(5)14-13-32(3)4/h6-9,11,15-17H,10,12-14H2,1-5H3,(H2,29,31). The van der Waals surface area contributed by atoms with Crippen molar-refractivity contribution in [2.24, 2.45) is 0 Å². The Hall–Kier alpha value is -3.51. The van der Waals surface area contributed by atoms with Gasteiger partial charge in [0, 0.05) is 42.7 Å². The van der Waals surface area contributed by atoms with Gasteiger partial charge in [-0.3, -0.25) is 9.78 Å². The molecule has 0 saturated carbocycles. The number of hydrogen-bond acceptors (Lipinski definition) is 5. The molecular weight excluding hydrogens is 422 g/mol. The molecule has 0 saturated heterocycles. The molecule has 2 N–H and O–H groups in total. The van der Waals surface area contributed by atoms with Crippen LogP contribution in [0.25, 0.3) is 21.8 Å². The smallest absolute Gasteiger partial charge is 0.253 e. The molecule has 6 nitrogen and oxygen atoms in total. The van der Waals surface area contributed by atoms with Gasteiger partial charge in [-0.25, -0.2) is 4.98 Å². The van der Waals surface area contributed by atoms with Crippen molar-refractivity contribution in [1.82, 2.24) is 19.8 Å². The van der Waals surface area contributed by atoms with Crippen molar-refractivity contribution >= 4 is 33.5 Å². The van der Waals surface area contributed by atoms with E-state index < -0.39 is 0 Å². The Balaban J connectivity index is 1.63. The van der Waals surface area contributed by atoms with E-state index >= 15 is 0 Å². The van der Waals surface area contributed by atoms with Crippen LogP contribution in [0, 0.1) is 13.8 Å². The fourth-order valence-corrected chi connectivity index (χ4v) is 4.36. The summed E-state index contributed by atoms with van der Waals surface area (Å²) in [7, 11) is 5.90. The van der Waals surface area contributed by atoms with Gasteiger partial charge in [0.05, 0.1) is 5.52 Å². The van der Waals surface area contributed by atoms with Crippen LogP contribution in [0.2, 0.25) is 0 Å². The van der Waals surface area contributed by atoms with Crippen molar-refractivity contribution in [2.75, 3.05) is 40.0 Å². The Kier molecular flexibility index (Phi) is 6.80. The minimum absolute atomic E-state index is 0.0670. The molecule has 4 aromatic rings. The Morgan fingerprint density at radius 2 is 1.76 bits per heavy atom. The highest BCUT2D eigenvalue weighted by atomic mass is 16.2. The minimum Gasteiger partial charge on any atom is -0.382 e. The zero-order chi connectivity index (χ0) is 24.4. The van der Waals surface area contributed by atoms with Gasteiger partial charge in [0.1, 0.15) is 5.52 Å². The van der Waals surface area contributed by atoms with Crippen molar-refractivity contribution < 1.29 is 4.79 Å². The Bertz CT molecular complexity index is 1360. The van der Waals surface area contributed by atoms with Crippen LogP contribution in [0.5, 0.6) is 0 Å². The number of carbonyl (C=O) groups excluding carboxylic acids is 1. The van der Waals surface area contributed by atoms with Gasteiger partial charge >= 0.3 is 0 Å². The predicted molar refractivity (Wildman–Crippen MR) is 140 cm³/mol. The quantitative estimate of drug-likeness (QED) is 0.418. The third kappa shape index (κ3) is 4.87. The van der Waals surface area contributed by atoms with E-state index in [9.17, 15) is 4.79 Å². The Labute approximate surface area is 201 Å². The molecule has 4 rings (SSSR count). The molecule has 0 aliphatic heterocycles. The number of aryl methyl sites for hydroxylation is 3. The van der Waals surface area contributed by atoms with Crippen molar-refractivity contribution in [3.05, 3.63) is 76.5 Å². The highest BCUT2D eigenvalue weighted by Gasteiger charge is 2.17. The number of likely N-dealkylation sites (N-methyl/N-ethyl adjacent to an activating group) is 2. The van der Waals surface area contributed by atoms with E-state index in [1.807, 2.05) is 39.5 Å². The summed E-state index contributed by atoms with van der Waals surface area (Å²) in [6.07, 6.45) is 3.43. The Morgan fingerprint density at radius 1 is 0.971 bits per heavy atom. The lowest BCUT2D eigenvalue weighted by molar-refractivity contribution is 0.0785. The molecule has 1 amide bonds. The molecule has 0 aliphatic carbocycles. The molecule has 0 spiro atoms. The third-order valence-electron chi connectivity index (χ3n) is 6.40. The van der Waals surface area contributed by atoms with Gasteiger partial charge in [-0.2, -0.15) is 0 Å². The predicted octanol–water partition coefficient (Wildman–Crippen LogP) is 4.40. The number of pyridine rings is 2. The first-order chi connectivity index (χ1) is 16.2. The number of fused-ring (bicyclic) bond motifs is 3. The van der Waals surface area contributed by atoms with Gasteiger partial charge in [0.15, 0.2) is 5.82 Å². The summed E-state index contributed by atoms with van der Waals surface area (Å²) in [6.45, 7) is 5.65. The maximum absolute atomic E-state index is 13.2. The van der Waals surface area contributed by atoms with E-state index in [0.717, 1.165) is 69.0 Å². The SMILES string of the molecule is Cc1ccc2c(c1)nc(N)c1ncc(CCc3c(C)cccc3C(=O)N(C)CCN(C)C)cc12. The van der Waals surface area contributed by atoms with Crippen LogP contribution in [0.4, 0.5) is 5.82 Å². The van der Waals surface area contributed by atoms with Gasteiger partial charge in [0.25, 0.3) is 5.91 Å². The number of aromatic nitrogens is 2. The van der Waals surface area contributed by atoms with Gasteiger partial charge in [-0.05, 0) is 81.2 Å². The number of anilines is 1. The summed E-state index contributed by atoms with van der Waals surface area (Å²) in [4.78, 5) is 26.3. The first-order valence-corrected chi connectivity index (χ1v) is 11.7. The molecule has 0 unspecified atom stereocenters. The first kappa shape index (κ1) is 23.6. The van der Waals surface area contributed by atoms with Crippen LogP contribution in [0.3, 0.4) is 0 Å². The van der Waals surface area contributed by atoms with Crippen LogP contribution in [-0.2, 0) is 12.8 Å². The molecule has 176 valence electrons. The molecular formula is C28H33N5O. The molecule has 2 heterocycles. The fraction of sp³-hybridized carbons (Fsp3) is 0.321. The maximum atomic E-state index is 13.2. The van der Waals surface area contributed by atoms with Gasteiger partial charge < -0.3 is 15.5 Å². The van der Waals surface area contributed by atoms with E-state index in [0.29, 0.717) is 12.4 Å². The molecule has 2 aromatic carbocycles. The van der Waals surface area contributed by atoms with E-state index in [1.54, 1.807) is 4.90 Å². The van der Waals surface area contributed by atoms with Crippen LogP contribution < -0.4 is 5.73 Å². The maximum Gasteiger partial charge on any atom is 0.253 e. The second kappa shape index (κ2) is 9.77. The van der Waals surface area contributed by atoms with E-state index in [1.165, 1.54) is 0 Å². The molecule has 0 radical (unpaired) electrons. The van der Waals surface area contributed by atoms with E-state index in [4.69, 9.17) is 5.73 Å². The summed E-state index contributed by atoms with van der Waals surface area (Å²) in [5, 5.41) is 2.07. The largest absolute Gasteiger partial charge is 0.382 e. The normalized spacial score (nSPS) is 11.5. The number of amides is 1. The molecule has 6 heteroatoms. The number of nitrogens with zero attached hydrogens (tertiary/aromatic N) is 4. The summed E-state index contributed by atoms with van der Waals surface area (Å²) in [6, 6.07) is 14.4. The fourth-order valence-electron chi connectivity index (χ4n) is 4.36. The van der Waals surface area contributed by atoms with Gasteiger partial charge in [-0.15, -0.1) is 0 Å².